The Hall–Kier alpha value is -1.10. The van der Waals surface area contributed by atoms with Crippen molar-refractivity contribution in [3.63, 3.8) is 0 Å². The molecule has 0 spiro atoms. The van der Waals surface area contributed by atoms with Gasteiger partial charge in [0.1, 0.15) is 12.4 Å². The van der Waals surface area contributed by atoms with Gasteiger partial charge in [-0.05, 0) is 18.9 Å². The van der Waals surface area contributed by atoms with Crippen molar-refractivity contribution >= 4 is 0 Å². The van der Waals surface area contributed by atoms with Crippen LogP contribution >= 0.6 is 0 Å². The predicted molar refractivity (Wildman–Crippen MR) is 77.0 cm³/mol. The molecule has 1 saturated heterocycles. The van der Waals surface area contributed by atoms with Gasteiger partial charge >= 0.3 is 0 Å². The van der Waals surface area contributed by atoms with Gasteiger partial charge in [-0.3, -0.25) is 4.90 Å². The fourth-order valence-electron chi connectivity index (χ4n) is 2.75. The Morgan fingerprint density at radius 1 is 1.25 bits per heavy atom. The quantitative estimate of drug-likeness (QED) is 0.771. The van der Waals surface area contributed by atoms with Crippen molar-refractivity contribution in [1.29, 1.82) is 0 Å². The second-order valence-corrected chi connectivity index (χ2v) is 5.44. The Balaban J connectivity index is 1.41. The highest BCUT2D eigenvalue weighted by atomic mass is 16.5. The summed E-state index contributed by atoms with van der Waals surface area (Å²) in [7, 11) is 0. The zero-order valence-electron chi connectivity index (χ0n) is 11.9. The molecule has 2 aliphatic rings. The van der Waals surface area contributed by atoms with Gasteiger partial charge in [-0.2, -0.15) is 0 Å². The van der Waals surface area contributed by atoms with Crippen LogP contribution in [0.5, 0.6) is 5.75 Å². The van der Waals surface area contributed by atoms with Crippen LogP contribution in [0.4, 0.5) is 0 Å². The summed E-state index contributed by atoms with van der Waals surface area (Å²) in [5.41, 5.74) is 1.27. The van der Waals surface area contributed by atoms with E-state index in [-0.39, 0.29) is 0 Å². The van der Waals surface area contributed by atoms with Crippen molar-refractivity contribution in [2.75, 3.05) is 39.5 Å². The van der Waals surface area contributed by atoms with Crippen molar-refractivity contribution in [2.45, 2.75) is 25.5 Å². The highest BCUT2D eigenvalue weighted by Gasteiger charge is 2.17. The summed E-state index contributed by atoms with van der Waals surface area (Å²) in [6.07, 6.45) is 2.64. The van der Waals surface area contributed by atoms with E-state index in [0.29, 0.717) is 6.10 Å². The molecule has 0 saturated carbocycles. The van der Waals surface area contributed by atoms with Gasteiger partial charge in [0, 0.05) is 31.8 Å². The molecule has 0 aromatic heterocycles. The van der Waals surface area contributed by atoms with Gasteiger partial charge in [-0.15, -0.1) is 0 Å². The minimum atomic E-state index is 0.322. The highest BCUT2D eigenvalue weighted by molar-refractivity contribution is 5.33. The van der Waals surface area contributed by atoms with Crippen LogP contribution in [0.2, 0.25) is 0 Å². The van der Waals surface area contributed by atoms with Crippen LogP contribution in [-0.4, -0.2) is 50.5 Å². The summed E-state index contributed by atoms with van der Waals surface area (Å²) in [5.74, 6) is 1.02. The first-order valence-electron chi connectivity index (χ1n) is 7.54. The summed E-state index contributed by atoms with van der Waals surface area (Å²) in [6, 6.07) is 8.28. The number of hydrogen-bond donors (Lipinski definition) is 0. The van der Waals surface area contributed by atoms with Crippen LogP contribution < -0.4 is 4.74 Å². The smallest absolute Gasteiger partial charge is 0.123 e. The summed E-state index contributed by atoms with van der Waals surface area (Å²) in [6.45, 7) is 6.00. The van der Waals surface area contributed by atoms with Crippen LogP contribution in [0.1, 0.15) is 18.4 Å². The molecular weight excluding hydrogens is 254 g/mol. The molecule has 2 heterocycles. The van der Waals surface area contributed by atoms with E-state index in [9.17, 15) is 0 Å². The maximum atomic E-state index is 5.76. The molecule has 1 unspecified atom stereocenters. The van der Waals surface area contributed by atoms with Gasteiger partial charge in [-0.1, -0.05) is 18.2 Å². The molecule has 0 aliphatic carbocycles. The first-order valence-corrected chi connectivity index (χ1v) is 7.54. The minimum absolute atomic E-state index is 0.322. The third-order valence-electron chi connectivity index (χ3n) is 3.91. The third kappa shape index (κ3) is 3.72. The Morgan fingerprint density at radius 2 is 2.20 bits per heavy atom. The SMILES string of the molecule is c1ccc2c(c1)CN(CCOCC1CCCO1)CCO2. The molecule has 1 aromatic carbocycles. The number of hydrogen-bond acceptors (Lipinski definition) is 4. The number of rotatable bonds is 5. The molecule has 1 fully saturated rings. The van der Waals surface area contributed by atoms with Crippen molar-refractivity contribution < 1.29 is 14.2 Å². The van der Waals surface area contributed by atoms with E-state index in [4.69, 9.17) is 14.2 Å². The second kappa shape index (κ2) is 7.07. The van der Waals surface area contributed by atoms with Gasteiger partial charge in [-0.25, -0.2) is 0 Å². The van der Waals surface area contributed by atoms with Crippen molar-refractivity contribution in [1.82, 2.24) is 4.90 Å². The molecule has 2 aliphatic heterocycles. The lowest BCUT2D eigenvalue weighted by atomic mass is 10.2. The van der Waals surface area contributed by atoms with Gasteiger partial charge in [0.15, 0.2) is 0 Å². The fourth-order valence-corrected chi connectivity index (χ4v) is 2.75. The van der Waals surface area contributed by atoms with E-state index in [0.717, 1.165) is 58.2 Å². The number of benzene rings is 1. The first-order chi connectivity index (χ1) is 9.92. The maximum absolute atomic E-state index is 5.76. The van der Waals surface area contributed by atoms with Crippen LogP contribution in [0.15, 0.2) is 24.3 Å². The van der Waals surface area contributed by atoms with Crippen molar-refractivity contribution in [3.8, 4) is 5.75 Å². The van der Waals surface area contributed by atoms with Crippen LogP contribution in [0, 0.1) is 0 Å². The number of para-hydroxylation sites is 1. The summed E-state index contributed by atoms with van der Waals surface area (Å²) in [5, 5.41) is 0. The molecule has 0 amide bonds. The summed E-state index contributed by atoms with van der Waals surface area (Å²) < 4.78 is 17.1. The molecule has 3 rings (SSSR count). The van der Waals surface area contributed by atoms with E-state index in [2.05, 4.69) is 17.0 Å². The minimum Gasteiger partial charge on any atom is -0.492 e. The normalized spacial score (nSPS) is 23.1. The van der Waals surface area contributed by atoms with Gasteiger partial charge in [0.2, 0.25) is 0 Å². The Labute approximate surface area is 120 Å². The Bertz CT molecular complexity index is 418. The summed E-state index contributed by atoms with van der Waals surface area (Å²) >= 11 is 0. The molecule has 0 bridgehead atoms. The van der Waals surface area contributed by atoms with Gasteiger partial charge in [0.05, 0.1) is 19.3 Å². The first kappa shape index (κ1) is 13.9. The molecule has 0 radical (unpaired) electrons. The molecule has 4 heteroatoms. The molecule has 4 nitrogen and oxygen atoms in total. The van der Waals surface area contributed by atoms with Gasteiger partial charge < -0.3 is 14.2 Å². The fraction of sp³-hybridized carbons (Fsp3) is 0.625. The van der Waals surface area contributed by atoms with Crippen LogP contribution in [-0.2, 0) is 16.0 Å². The van der Waals surface area contributed by atoms with E-state index >= 15 is 0 Å². The van der Waals surface area contributed by atoms with E-state index in [1.54, 1.807) is 0 Å². The van der Waals surface area contributed by atoms with Crippen LogP contribution in [0.25, 0.3) is 0 Å². The average molecular weight is 277 g/mol. The Kier molecular flexibility index (Phi) is 4.90. The number of nitrogens with zero attached hydrogens (tertiary/aromatic N) is 1. The van der Waals surface area contributed by atoms with Gasteiger partial charge in [0.25, 0.3) is 0 Å². The lowest BCUT2D eigenvalue weighted by Crippen LogP contribution is -2.30. The van der Waals surface area contributed by atoms with E-state index in [1.807, 2.05) is 12.1 Å². The molecular formula is C16H23NO3. The standard InChI is InChI=1S/C16H23NO3/c1-2-6-16-14(4-1)12-17(8-11-20-16)7-10-18-13-15-5-3-9-19-15/h1-2,4,6,15H,3,5,7-13H2. The topological polar surface area (TPSA) is 30.9 Å². The maximum Gasteiger partial charge on any atom is 0.123 e. The lowest BCUT2D eigenvalue weighted by molar-refractivity contribution is 0.00960. The van der Waals surface area contributed by atoms with E-state index < -0.39 is 0 Å². The van der Waals surface area contributed by atoms with E-state index in [1.165, 1.54) is 12.0 Å². The molecule has 0 N–H and O–H groups in total. The molecule has 1 aromatic rings. The molecule has 1 atom stereocenters. The monoisotopic (exact) mass is 277 g/mol. The highest BCUT2D eigenvalue weighted by Crippen LogP contribution is 2.22. The van der Waals surface area contributed by atoms with Crippen molar-refractivity contribution in [2.24, 2.45) is 0 Å². The lowest BCUT2D eigenvalue weighted by Gasteiger charge is -2.19. The number of ether oxygens (including phenoxy) is 3. The molecule has 110 valence electrons. The van der Waals surface area contributed by atoms with Crippen LogP contribution in [0.3, 0.4) is 0 Å². The number of fused-ring (bicyclic) bond motifs is 1. The average Bonchev–Trinajstić information content (AvgIpc) is 2.89. The van der Waals surface area contributed by atoms with Crippen molar-refractivity contribution in [3.05, 3.63) is 29.8 Å². The molecule has 20 heavy (non-hydrogen) atoms. The third-order valence-corrected chi connectivity index (χ3v) is 3.91. The largest absolute Gasteiger partial charge is 0.492 e. The Morgan fingerprint density at radius 3 is 3.10 bits per heavy atom. The zero-order valence-corrected chi connectivity index (χ0v) is 11.9. The second-order valence-electron chi connectivity index (χ2n) is 5.44. The summed E-state index contributed by atoms with van der Waals surface area (Å²) in [4.78, 5) is 2.39. The zero-order chi connectivity index (χ0) is 13.6. The predicted octanol–water partition coefficient (Wildman–Crippen LogP) is 2.08.